The van der Waals surface area contributed by atoms with Gasteiger partial charge >= 0.3 is 0 Å². The SMILES string of the molecule is c1ccc(C2N=C(c3cnc(-n4c5ccccc5c5cc6c7ccccc7n(-c7ccccc7)c6cc54)[nH]3)NC(c3ccccc3)N2)cc1. The molecule has 10 rings (SSSR count). The fourth-order valence-corrected chi connectivity index (χ4v) is 7.38. The van der Waals surface area contributed by atoms with Gasteiger partial charge in [0.1, 0.15) is 23.9 Å². The van der Waals surface area contributed by atoms with E-state index < -0.39 is 0 Å². The van der Waals surface area contributed by atoms with Crippen molar-refractivity contribution >= 4 is 49.4 Å². The maximum Gasteiger partial charge on any atom is 0.212 e. The van der Waals surface area contributed by atoms with Crippen LogP contribution in [0.15, 0.2) is 163 Å². The number of para-hydroxylation sites is 3. The summed E-state index contributed by atoms with van der Waals surface area (Å²) in [5, 5.41) is 12.1. The molecule has 0 saturated heterocycles. The Morgan fingerprint density at radius 3 is 1.78 bits per heavy atom. The molecule has 7 nitrogen and oxygen atoms in total. The maximum absolute atomic E-state index is 5.14. The first-order valence-corrected chi connectivity index (χ1v) is 16.6. The number of fused-ring (bicyclic) bond motifs is 6. The number of nitrogens with zero attached hydrogens (tertiary/aromatic N) is 4. The van der Waals surface area contributed by atoms with E-state index in [1.54, 1.807) is 0 Å². The smallest absolute Gasteiger partial charge is 0.212 e. The number of aliphatic imine (C=N–C) groups is 1. The van der Waals surface area contributed by atoms with E-state index in [-0.39, 0.29) is 12.3 Å². The number of benzene rings is 6. The largest absolute Gasteiger partial charge is 0.349 e. The highest BCUT2D eigenvalue weighted by Crippen LogP contribution is 2.39. The molecule has 6 aromatic carbocycles. The quantitative estimate of drug-likeness (QED) is 0.177. The fraction of sp³-hybridized carbons (Fsp3) is 0.0476. The fourth-order valence-electron chi connectivity index (χ4n) is 7.38. The average Bonchev–Trinajstić information content (AvgIpc) is 3.87. The Balaban J connectivity index is 1.16. The van der Waals surface area contributed by atoms with E-state index in [4.69, 9.17) is 9.98 Å². The molecule has 1 aliphatic rings. The Morgan fingerprint density at radius 1 is 0.510 bits per heavy atom. The van der Waals surface area contributed by atoms with Gasteiger partial charge in [0.25, 0.3) is 0 Å². The van der Waals surface area contributed by atoms with E-state index in [0.29, 0.717) is 0 Å². The third-order valence-corrected chi connectivity index (χ3v) is 9.62. The van der Waals surface area contributed by atoms with E-state index in [0.717, 1.165) is 50.8 Å². The van der Waals surface area contributed by atoms with Crippen LogP contribution in [0.4, 0.5) is 0 Å². The van der Waals surface area contributed by atoms with Crippen molar-refractivity contribution in [2.45, 2.75) is 12.3 Å². The normalized spacial score (nSPS) is 16.4. The molecule has 1 aliphatic heterocycles. The molecule has 3 N–H and O–H groups in total. The van der Waals surface area contributed by atoms with Gasteiger partial charge in [-0.05, 0) is 47.5 Å². The van der Waals surface area contributed by atoms with E-state index in [1.807, 2.05) is 18.3 Å². The molecule has 0 fully saturated rings. The molecule has 0 amide bonds. The maximum atomic E-state index is 5.14. The molecule has 234 valence electrons. The number of imidazole rings is 1. The lowest BCUT2D eigenvalue weighted by molar-refractivity contribution is 0.408. The third kappa shape index (κ3) is 4.47. The number of rotatable bonds is 5. The van der Waals surface area contributed by atoms with Crippen molar-refractivity contribution in [1.82, 2.24) is 29.7 Å². The van der Waals surface area contributed by atoms with E-state index in [9.17, 15) is 0 Å². The Kier molecular flexibility index (Phi) is 6.25. The van der Waals surface area contributed by atoms with E-state index in [1.165, 1.54) is 27.1 Å². The molecule has 49 heavy (non-hydrogen) atoms. The summed E-state index contributed by atoms with van der Waals surface area (Å²) in [6.45, 7) is 0. The second kappa shape index (κ2) is 11.1. The first-order valence-electron chi connectivity index (χ1n) is 16.6. The van der Waals surface area contributed by atoms with Crippen molar-refractivity contribution < 1.29 is 0 Å². The van der Waals surface area contributed by atoms with Crippen LogP contribution in [-0.4, -0.2) is 24.9 Å². The first-order chi connectivity index (χ1) is 24.3. The number of H-pyrrole nitrogens is 1. The second-order valence-electron chi connectivity index (χ2n) is 12.5. The van der Waals surface area contributed by atoms with E-state index >= 15 is 0 Å². The topological polar surface area (TPSA) is 75.0 Å². The molecule has 2 unspecified atom stereocenters. The van der Waals surface area contributed by atoms with E-state index in [2.05, 4.69) is 164 Å². The lowest BCUT2D eigenvalue weighted by Gasteiger charge is -2.31. The van der Waals surface area contributed by atoms with Crippen molar-refractivity contribution in [3.63, 3.8) is 0 Å². The van der Waals surface area contributed by atoms with Gasteiger partial charge in [0, 0.05) is 27.2 Å². The van der Waals surface area contributed by atoms with Gasteiger partial charge in [-0.2, -0.15) is 0 Å². The zero-order valence-corrected chi connectivity index (χ0v) is 26.5. The Morgan fingerprint density at radius 2 is 1.08 bits per heavy atom. The molecule has 3 aromatic heterocycles. The number of aromatic amines is 1. The predicted molar refractivity (Wildman–Crippen MR) is 198 cm³/mol. The van der Waals surface area contributed by atoms with Crippen molar-refractivity contribution in [2.75, 3.05) is 0 Å². The number of hydrogen-bond donors (Lipinski definition) is 3. The molecule has 0 spiro atoms. The minimum absolute atomic E-state index is 0.132. The Bertz CT molecular complexity index is 2670. The van der Waals surface area contributed by atoms with Gasteiger partial charge < -0.3 is 14.9 Å². The molecule has 7 heteroatoms. The highest BCUT2D eigenvalue weighted by atomic mass is 15.3. The van der Waals surface area contributed by atoms with Gasteiger partial charge in [-0.3, -0.25) is 9.88 Å². The number of hydrogen-bond acceptors (Lipinski definition) is 4. The monoisotopic (exact) mass is 633 g/mol. The molecular weight excluding hydrogens is 603 g/mol. The van der Waals surface area contributed by atoms with Gasteiger partial charge in [-0.15, -0.1) is 0 Å². The minimum atomic E-state index is -0.226. The highest BCUT2D eigenvalue weighted by Gasteiger charge is 2.27. The van der Waals surface area contributed by atoms with Gasteiger partial charge in [-0.1, -0.05) is 115 Å². The summed E-state index contributed by atoms with van der Waals surface area (Å²) in [4.78, 5) is 13.8. The molecule has 4 heterocycles. The van der Waals surface area contributed by atoms with Gasteiger partial charge in [0.15, 0.2) is 0 Å². The first kappa shape index (κ1) is 27.7. The molecular formula is C42H31N7. The predicted octanol–water partition coefficient (Wildman–Crippen LogP) is 8.94. The summed E-state index contributed by atoms with van der Waals surface area (Å²) >= 11 is 0. The van der Waals surface area contributed by atoms with Crippen molar-refractivity contribution in [2.24, 2.45) is 4.99 Å². The summed E-state index contributed by atoms with van der Waals surface area (Å²) in [5.41, 5.74) is 8.69. The summed E-state index contributed by atoms with van der Waals surface area (Å²) in [7, 11) is 0. The summed E-state index contributed by atoms with van der Waals surface area (Å²) < 4.78 is 4.60. The lowest BCUT2D eigenvalue weighted by Crippen LogP contribution is -2.45. The van der Waals surface area contributed by atoms with Crippen LogP contribution < -0.4 is 10.6 Å². The Labute approximate surface area is 282 Å². The van der Waals surface area contributed by atoms with Gasteiger partial charge in [0.05, 0.1) is 28.3 Å². The number of aromatic nitrogens is 4. The zero-order valence-electron chi connectivity index (χ0n) is 26.5. The van der Waals surface area contributed by atoms with Crippen LogP contribution in [0.1, 0.15) is 29.2 Å². The highest BCUT2D eigenvalue weighted by molar-refractivity contribution is 6.19. The van der Waals surface area contributed by atoms with Crippen molar-refractivity contribution in [1.29, 1.82) is 0 Å². The summed E-state index contributed by atoms with van der Waals surface area (Å²) in [6.07, 6.45) is 1.53. The van der Waals surface area contributed by atoms with Crippen LogP contribution >= 0.6 is 0 Å². The molecule has 0 radical (unpaired) electrons. The minimum Gasteiger partial charge on any atom is -0.349 e. The average molecular weight is 634 g/mol. The zero-order chi connectivity index (χ0) is 32.3. The van der Waals surface area contributed by atoms with Crippen LogP contribution in [0.3, 0.4) is 0 Å². The summed E-state index contributed by atoms with van der Waals surface area (Å²) in [5.74, 6) is 1.49. The van der Waals surface area contributed by atoms with Crippen LogP contribution in [0, 0.1) is 0 Å². The van der Waals surface area contributed by atoms with Crippen LogP contribution in [-0.2, 0) is 0 Å². The van der Waals surface area contributed by atoms with Crippen LogP contribution in [0.2, 0.25) is 0 Å². The number of amidine groups is 1. The molecule has 0 bridgehead atoms. The lowest BCUT2D eigenvalue weighted by atomic mass is 10.1. The third-order valence-electron chi connectivity index (χ3n) is 9.62. The summed E-state index contributed by atoms with van der Waals surface area (Å²) in [6, 6.07) is 53.3. The molecule has 0 aliphatic carbocycles. The van der Waals surface area contributed by atoms with Crippen LogP contribution in [0.25, 0.3) is 55.2 Å². The van der Waals surface area contributed by atoms with Gasteiger partial charge in [-0.25, -0.2) is 9.98 Å². The second-order valence-corrected chi connectivity index (χ2v) is 12.5. The molecule has 2 atom stereocenters. The van der Waals surface area contributed by atoms with Crippen molar-refractivity contribution in [3.05, 3.63) is 175 Å². The standard InChI is InChI=1S/C42H31N7/c1-4-14-27(15-5-1)39-45-40(28-16-6-2-7-17-28)47-41(46-39)34-26-43-42(44-34)49-36-23-13-11-21-31(36)33-24-32-30-20-10-12-22-35(30)48(37(32)25-38(33)49)29-18-8-3-9-19-29/h1-26,39-40,45H,(H,43,44)(H,46,47). The molecule has 0 saturated carbocycles. The Hall–Kier alpha value is -6.44. The van der Waals surface area contributed by atoms with Crippen molar-refractivity contribution in [3.8, 4) is 11.6 Å². The van der Waals surface area contributed by atoms with Crippen LogP contribution in [0.5, 0.6) is 0 Å². The number of nitrogens with one attached hydrogen (secondary N) is 3. The molecule has 9 aromatic rings. The van der Waals surface area contributed by atoms with Gasteiger partial charge in [0.2, 0.25) is 5.95 Å².